The van der Waals surface area contributed by atoms with Gasteiger partial charge >= 0.3 is 0 Å². The number of aliphatic hydroxyl groups is 1. The molecule has 0 aliphatic carbocycles. The van der Waals surface area contributed by atoms with Crippen molar-refractivity contribution in [3.8, 4) is 0 Å². The van der Waals surface area contributed by atoms with Crippen LogP contribution in [0.4, 0.5) is 11.6 Å². The van der Waals surface area contributed by atoms with Gasteiger partial charge in [0.05, 0.1) is 0 Å². The van der Waals surface area contributed by atoms with E-state index in [1.807, 2.05) is 6.92 Å². The summed E-state index contributed by atoms with van der Waals surface area (Å²) in [4.78, 5) is 7.99. The van der Waals surface area contributed by atoms with Crippen molar-refractivity contribution in [1.82, 2.24) is 9.97 Å². The second kappa shape index (κ2) is 6.19. The van der Waals surface area contributed by atoms with Gasteiger partial charge < -0.3 is 16.2 Å². The summed E-state index contributed by atoms with van der Waals surface area (Å²) >= 11 is 0. The zero-order valence-electron chi connectivity index (χ0n) is 8.98. The summed E-state index contributed by atoms with van der Waals surface area (Å²) < 4.78 is 0. The van der Waals surface area contributed by atoms with E-state index in [4.69, 9.17) is 10.8 Å². The van der Waals surface area contributed by atoms with Gasteiger partial charge in [-0.25, -0.2) is 9.97 Å². The molecule has 1 aromatic heterocycles. The topological polar surface area (TPSA) is 84.1 Å². The molecule has 0 radical (unpaired) electrons. The fraction of sp³-hybridized carbons (Fsp3) is 0.600. The van der Waals surface area contributed by atoms with Crippen LogP contribution in [0, 0.1) is 5.92 Å². The summed E-state index contributed by atoms with van der Waals surface area (Å²) in [7, 11) is 0. The Morgan fingerprint density at radius 1 is 1.47 bits per heavy atom. The van der Waals surface area contributed by atoms with Crippen LogP contribution in [0.25, 0.3) is 0 Å². The van der Waals surface area contributed by atoms with Gasteiger partial charge in [-0.1, -0.05) is 6.92 Å². The Hall–Kier alpha value is -1.36. The zero-order valence-corrected chi connectivity index (χ0v) is 8.98. The lowest BCUT2D eigenvalue weighted by atomic mass is 10.1. The molecule has 0 aliphatic heterocycles. The Balaban J connectivity index is 2.23. The number of nitrogens with zero attached hydrogens (tertiary/aromatic N) is 2. The third-order valence-electron chi connectivity index (χ3n) is 2.20. The van der Waals surface area contributed by atoms with Crippen LogP contribution in [0.5, 0.6) is 0 Å². The van der Waals surface area contributed by atoms with E-state index in [2.05, 4.69) is 15.3 Å². The normalized spacial score (nSPS) is 12.4. The molecule has 1 atom stereocenters. The number of nitrogen functional groups attached to an aromatic ring is 1. The van der Waals surface area contributed by atoms with Gasteiger partial charge in [-0.2, -0.15) is 0 Å². The first kappa shape index (κ1) is 11.7. The third-order valence-corrected chi connectivity index (χ3v) is 2.20. The van der Waals surface area contributed by atoms with Crippen molar-refractivity contribution in [3.05, 3.63) is 12.4 Å². The number of aliphatic hydroxyl groups excluding tert-OH is 1. The van der Waals surface area contributed by atoms with E-state index in [0.29, 0.717) is 17.6 Å². The molecule has 0 aromatic carbocycles. The van der Waals surface area contributed by atoms with Gasteiger partial charge in [0, 0.05) is 25.5 Å². The highest BCUT2D eigenvalue weighted by Gasteiger charge is 2.01. The number of hydrogen-bond donors (Lipinski definition) is 3. The summed E-state index contributed by atoms with van der Waals surface area (Å²) in [6.45, 7) is 3.07. The number of anilines is 2. The monoisotopic (exact) mass is 210 g/mol. The maximum absolute atomic E-state index is 8.83. The van der Waals surface area contributed by atoms with E-state index >= 15 is 0 Å². The predicted molar refractivity (Wildman–Crippen MR) is 60.4 cm³/mol. The van der Waals surface area contributed by atoms with Crippen LogP contribution in [-0.4, -0.2) is 28.2 Å². The minimum absolute atomic E-state index is 0.243. The highest BCUT2D eigenvalue weighted by Crippen LogP contribution is 2.10. The summed E-state index contributed by atoms with van der Waals surface area (Å²) in [5.41, 5.74) is 5.61. The molecule has 0 fully saturated rings. The Morgan fingerprint density at radius 2 is 2.20 bits per heavy atom. The first-order valence-corrected chi connectivity index (χ1v) is 5.15. The van der Waals surface area contributed by atoms with Crippen LogP contribution < -0.4 is 11.1 Å². The van der Waals surface area contributed by atoms with E-state index in [9.17, 15) is 0 Å². The molecule has 0 saturated carbocycles. The Morgan fingerprint density at radius 3 is 2.87 bits per heavy atom. The van der Waals surface area contributed by atoms with Crippen LogP contribution in [0.1, 0.15) is 19.8 Å². The fourth-order valence-electron chi connectivity index (χ4n) is 1.23. The van der Waals surface area contributed by atoms with E-state index in [0.717, 1.165) is 19.4 Å². The van der Waals surface area contributed by atoms with Gasteiger partial charge in [0.1, 0.15) is 0 Å². The molecular weight excluding hydrogens is 192 g/mol. The summed E-state index contributed by atoms with van der Waals surface area (Å²) in [5.74, 6) is 1.41. The summed E-state index contributed by atoms with van der Waals surface area (Å²) in [5, 5.41) is 11.9. The quantitative estimate of drug-likeness (QED) is 0.607. The maximum Gasteiger partial charge on any atom is 0.168 e. The SMILES string of the molecule is CC(CO)CCCNc1nccnc1N. The second-order valence-electron chi connectivity index (χ2n) is 3.65. The van der Waals surface area contributed by atoms with Crippen molar-refractivity contribution in [1.29, 1.82) is 0 Å². The van der Waals surface area contributed by atoms with Crippen LogP contribution >= 0.6 is 0 Å². The lowest BCUT2D eigenvalue weighted by Gasteiger charge is -2.09. The van der Waals surface area contributed by atoms with Gasteiger partial charge in [0.15, 0.2) is 11.6 Å². The Bertz CT molecular complexity index is 293. The minimum atomic E-state index is 0.243. The largest absolute Gasteiger partial charge is 0.396 e. The van der Waals surface area contributed by atoms with Crippen molar-refractivity contribution in [2.75, 3.05) is 24.2 Å². The first-order chi connectivity index (χ1) is 7.24. The van der Waals surface area contributed by atoms with Crippen molar-refractivity contribution < 1.29 is 5.11 Å². The van der Waals surface area contributed by atoms with Crippen LogP contribution in [-0.2, 0) is 0 Å². The molecule has 0 amide bonds. The van der Waals surface area contributed by atoms with Crippen LogP contribution in [0.3, 0.4) is 0 Å². The molecule has 1 unspecified atom stereocenters. The van der Waals surface area contributed by atoms with Gasteiger partial charge in [-0.05, 0) is 18.8 Å². The number of hydrogen-bond acceptors (Lipinski definition) is 5. The summed E-state index contributed by atoms with van der Waals surface area (Å²) in [6, 6.07) is 0. The van der Waals surface area contributed by atoms with Gasteiger partial charge in [-0.3, -0.25) is 0 Å². The number of nitrogens with one attached hydrogen (secondary N) is 1. The average Bonchev–Trinajstić information content (AvgIpc) is 2.26. The molecule has 0 aliphatic rings. The fourth-order valence-corrected chi connectivity index (χ4v) is 1.23. The van der Waals surface area contributed by atoms with Gasteiger partial charge in [0.25, 0.3) is 0 Å². The molecule has 1 rings (SSSR count). The van der Waals surface area contributed by atoms with E-state index in [-0.39, 0.29) is 6.61 Å². The van der Waals surface area contributed by atoms with E-state index < -0.39 is 0 Å². The van der Waals surface area contributed by atoms with E-state index in [1.165, 1.54) is 0 Å². The van der Waals surface area contributed by atoms with Crippen molar-refractivity contribution in [2.45, 2.75) is 19.8 Å². The molecule has 84 valence electrons. The molecule has 0 bridgehead atoms. The highest BCUT2D eigenvalue weighted by atomic mass is 16.3. The molecule has 4 N–H and O–H groups in total. The second-order valence-corrected chi connectivity index (χ2v) is 3.65. The van der Waals surface area contributed by atoms with Gasteiger partial charge in [0.2, 0.25) is 0 Å². The Kier molecular flexibility index (Phi) is 4.83. The molecule has 5 nitrogen and oxygen atoms in total. The smallest absolute Gasteiger partial charge is 0.168 e. The minimum Gasteiger partial charge on any atom is -0.396 e. The van der Waals surface area contributed by atoms with Crippen LogP contribution in [0.2, 0.25) is 0 Å². The van der Waals surface area contributed by atoms with Crippen molar-refractivity contribution in [2.24, 2.45) is 5.92 Å². The molecule has 0 saturated heterocycles. The number of aromatic nitrogens is 2. The predicted octanol–water partition coefficient (Wildman–Crippen LogP) is 0.879. The van der Waals surface area contributed by atoms with E-state index in [1.54, 1.807) is 12.4 Å². The lowest BCUT2D eigenvalue weighted by Crippen LogP contribution is -2.09. The first-order valence-electron chi connectivity index (χ1n) is 5.15. The summed E-state index contributed by atoms with van der Waals surface area (Å²) in [6.07, 6.45) is 5.14. The Labute approximate surface area is 89.7 Å². The highest BCUT2D eigenvalue weighted by molar-refractivity contribution is 5.54. The molecule has 5 heteroatoms. The molecule has 1 aromatic rings. The van der Waals surface area contributed by atoms with Crippen LogP contribution in [0.15, 0.2) is 12.4 Å². The third kappa shape index (κ3) is 4.12. The number of nitrogens with two attached hydrogens (primary N) is 1. The molecule has 15 heavy (non-hydrogen) atoms. The lowest BCUT2D eigenvalue weighted by molar-refractivity contribution is 0.229. The van der Waals surface area contributed by atoms with Crippen molar-refractivity contribution >= 4 is 11.6 Å². The molecular formula is C10H18N4O. The average molecular weight is 210 g/mol. The standard InChI is InChI=1S/C10H18N4O/c1-8(7-15)3-2-4-13-10-9(11)12-5-6-14-10/h5-6,8,15H,2-4,7H2,1H3,(H2,11,12)(H,13,14). The maximum atomic E-state index is 8.83. The van der Waals surface area contributed by atoms with Crippen molar-refractivity contribution in [3.63, 3.8) is 0 Å². The van der Waals surface area contributed by atoms with Gasteiger partial charge in [-0.15, -0.1) is 0 Å². The number of rotatable bonds is 6. The zero-order chi connectivity index (χ0) is 11.1. The molecule has 1 heterocycles. The molecule has 0 spiro atoms.